The molecule has 0 bridgehead atoms. The number of nitrogens with zero attached hydrogens (tertiary/aromatic N) is 4. The Morgan fingerprint density at radius 2 is 1.71 bits per heavy atom. The summed E-state index contributed by atoms with van der Waals surface area (Å²) in [6.07, 6.45) is 3.57. The average Bonchev–Trinajstić information content (AvgIpc) is 3.03. The van der Waals surface area contributed by atoms with Gasteiger partial charge in [0.05, 0.1) is 11.4 Å². The van der Waals surface area contributed by atoms with Crippen molar-refractivity contribution >= 4 is 11.6 Å². The van der Waals surface area contributed by atoms with Crippen LogP contribution in [-0.2, 0) is 53.8 Å². The van der Waals surface area contributed by atoms with Crippen LogP contribution >= 0.6 is 0 Å². The summed E-state index contributed by atoms with van der Waals surface area (Å²) in [7, 11) is 0. The minimum Gasteiger partial charge on any atom is -0.410 e. The van der Waals surface area contributed by atoms with E-state index in [0.717, 1.165) is 22.6 Å². The van der Waals surface area contributed by atoms with Gasteiger partial charge in [-0.15, -0.1) is 0 Å². The minimum atomic E-state index is 0. The maximum atomic E-state index is 7.70. The smallest absolute Gasteiger partial charge is 0.137 e. The summed E-state index contributed by atoms with van der Waals surface area (Å²) in [5.41, 5.74) is 13.2. The van der Waals surface area contributed by atoms with Gasteiger partial charge in [0.2, 0.25) is 0 Å². The molecular weight excluding hydrogens is 595 g/mol. The summed E-state index contributed by atoms with van der Waals surface area (Å²) in [5.74, 6) is 0.00331. The number of hydrogen-bond acceptors (Lipinski definition) is 3. The van der Waals surface area contributed by atoms with E-state index in [1.165, 1.54) is 5.56 Å². The fourth-order valence-corrected chi connectivity index (χ4v) is 2.72. The van der Waals surface area contributed by atoms with Crippen LogP contribution in [0.4, 0.5) is 5.95 Å². The Bertz CT molecular complexity index is 1020. The van der Waals surface area contributed by atoms with Crippen molar-refractivity contribution in [2.75, 3.05) is 0 Å². The molecule has 3 aromatic heterocycles. The predicted octanol–water partition coefficient (Wildman–Crippen LogP) is 5.92. The molecule has 7 heteroatoms. The van der Waals surface area contributed by atoms with Gasteiger partial charge in [-0.1, -0.05) is 43.7 Å². The summed E-state index contributed by atoms with van der Waals surface area (Å²) < 4.78 is 2.00. The number of fused-ring (bicyclic) bond motifs is 1. The molecule has 4 rings (SSSR count). The molecule has 1 radical (unpaired) electrons. The molecule has 0 saturated heterocycles. The van der Waals surface area contributed by atoms with Gasteiger partial charge in [0.1, 0.15) is 5.65 Å². The van der Waals surface area contributed by atoms with Gasteiger partial charge in [0, 0.05) is 77.2 Å². The van der Waals surface area contributed by atoms with Gasteiger partial charge in [0.15, 0.2) is 0 Å². The van der Waals surface area contributed by atoms with Crippen molar-refractivity contribution in [2.45, 2.75) is 20.8 Å². The van der Waals surface area contributed by atoms with Crippen LogP contribution in [0.2, 0.25) is 0 Å². The number of aromatic nitrogens is 4. The SMILES string of the molecule is CC.Cc1cccc(-c2nc3ccccn3c2-c2ccnc([NH-])n2)c1.[CH3-].[W].[Y]. The number of aryl methyl sites for hydroxylation is 1. The topological polar surface area (TPSA) is 66.9 Å². The summed E-state index contributed by atoms with van der Waals surface area (Å²) >= 11 is 0. The van der Waals surface area contributed by atoms with Crippen molar-refractivity contribution in [3.63, 3.8) is 0 Å². The van der Waals surface area contributed by atoms with Gasteiger partial charge >= 0.3 is 0 Å². The zero-order valence-electron chi connectivity index (χ0n) is 16.5. The number of nitrogens with one attached hydrogen (secondary N) is 1. The third-order valence-corrected chi connectivity index (χ3v) is 3.72. The first-order chi connectivity index (χ1) is 12.2. The molecule has 1 aromatic carbocycles. The number of pyridine rings is 1. The first kappa shape index (κ1) is 26.6. The quantitative estimate of drug-likeness (QED) is 0.262. The number of imidazole rings is 1. The fourth-order valence-electron chi connectivity index (χ4n) is 2.72. The van der Waals surface area contributed by atoms with Gasteiger partial charge < -0.3 is 23.1 Å². The Hall–Kier alpha value is -1.42. The maximum absolute atomic E-state index is 7.70. The van der Waals surface area contributed by atoms with Crippen molar-refractivity contribution in [3.8, 4) is 22.6 Å². The first-order valence-corrected chi connectivity index (χ1v) is 8.31. The minimum absolute atomic E-state index is 0. The summed E-state index contributed by atoms with van der Waals surface area (Å²) in [6.45, 7) is 6.06. The molecule has 5 nitrogen and oxygen atoms in total. The molecule has 143 valence electrons. The summed E-state index contributed by atoms with van der Waals surface area (Å²) in [4.78, 5) is 12.9. The van der Waals surface area contributed by atoms with Crippen molar-refractivity contribution in [3.05, 3.63) is 79.6 Å². The summed E-state index contributed by atoms with van der Waals surface area (Å²) in [5, 5.41) is 0. The van der Waals surface area contributed by atoms with E-state index in [1.807, 2.05) is 60.8 Å². The fraction of sp³-hybridized carbons (Fsp3) is 0.143. The third-order valence-electron chi connectivity index (χ3n) is 3.72. The van der Waals surface area contributed by atoms with E-state index < -0.39 is 0 Å². The Kier molecular flexibility index (Phi) is 11.6. The normalized spacial score (nSPS) is 9.25. The number of benzene rings is 1. The zero-order valence-corrected chi connectivity index (χ0v) is 22.3. The molecule has 0 aliphatic carbocycles. The molecule has 1 N–H and O–H groups in total. The molecule has 0 aliphatic rings. The monoisotopic (exact) mass is 618 g/mol. The van der Waals surface area contributed by atoms with E-state index in [2.05, 4.69) is 29.0 Å². The molecule has 0 aliphatic heterocycles. The Morgan fingerprint density at radius 1 is 0.964 bits per heavy atom. The van der Waals surface area contributed by atoms with Crippen molar-refractivity contribution in [1.82, 2.24) is 19.4 Å². The zero-order chi connectivity index (χ0) is 17.8. The number of rotatable bonds is 2. The Morgan fingerprint density at radius 3 is 2.39 bits per heavy atom. The van der Waals surface area contributed by atoms with Gasteiger partial charge in [-0.3, -0.25) is 4.40 Å². The van der Waals surface area contributed by atoms with E-state index in [1.54, 1.807) is 6.20 Å². The molecule has 0 spiro atoms. The van der Waals surface area contributed by atoms with Crippen LogP contribution in [0.3, 0.4) is 0 Å². The first-order valence-electron chi connectivity index (χ1n) is 8.31. The van der Waals surface area contributed by atoms with E-state index in [0.29, 0.717) is 5.69 Å². The largest absolute Gasteiger partial charge is 0.410 e. The molecule has 0 amide bonds. The second-order valence-corrected chi connectivity index (χ2v) is 5.37. The van der Waals surface area contributed by atoms with Crippen LogP contribution in [-0.4, -0.2) is 19.4 Å². The molecular formula is C21H23N5WY-2. The summed E-state index contributed by atoms with van der Waals surface area (Å²) in [6, 6.07) is 15.9. The van der Waals surface area contributed by atoms with E-state index >= 15 is 0 Å². The van der Waals surface area contributed by atoms with E-state index in [-0.39, 0.29) is 67.1 Å². The van der Waals surface area contributed by atoms with Crippen molar-refractivity contribution in [1.29, 1.82) is 0 Å². The van der Waals surface area contributed by atoms with Crippen LogP contribution in [0.1, 0.15) is 19.4 Å². The molecule has 28 heavy (non-hydrogen) atoms. The predicted molar refractivity (Wildman–Crippen MR) is 108 cm³/mol. The van der Waals surface area contributed by atoms with Crippen LogP contribution in [0.5, 0.6) is 0 Å². The molecule has 4 aromatic rings. The number of hydrogen-bond donors (Lipinski definition) is 0. The van der Waals surface area contributed by atoms with Crippen LogP contribution in [0.25, 0.3) is 34.0 Å². The second kappa shape index (κ2) is 12.2. The average molecular weight is 618 g/mol. The standard InChI is InChI=1S/C18H14N5.C2H6.CH3.W.Y/c1-12-5-4-6-13(11-12)16-17(14-8-9-20-18(19)21-14)23-10-3-2-7-15(23)22-16;1-2;;;/h2-11H,1H3,(H-,19,20,21);1-2H3;1H3;;/q-1;;-1;;. The van der Waals surface area contributed by atoms with Crippen molar-refractivity contribution < 1.29 is 53.8 Å². The molecule has 0 atom stereocenters. The van der Waals surface area contributed by atoms with Gasteiger partial charge in [0.25, 0.3) is 0 Å². The molecule has 0 unspecified atom stereocenters. The maximum Gasteiger partial charge on any atom is 0.137 e. The molecule has 3 heterocycles. The van der Waals surface area contributed by atoms with Crippen LogP contribution in [0, 0.1) is 14.4 Å². The molecule has 0 saturated carbocycles. The Labute approximate surface area is 206 Å². The van der Waals surface area contributed by atoms with Crippen LogP contribution in [0.15, 0.2) is 60.9 Å². The Balaban J connectivity index is 0.00000141. The van der Waals surface area contributed by atoms with Gasteiger partial charge in [-0.05, 0) is 37.4 Å². The third kappa shape index (κ3) is 5.56. The van der Waals surface area contributed by atoms with Gasteiger partial charge in [-0.25, -0.2) is 4.98 Å². The van der Waals surface area contributed by atoms with E-state index in [4.69, 9.17) is 10.7 Å². The van der Waals surface area contributed by atoms with Crippen molar-refractivity contribution in [2.24, 2.45) is 0 Å². The van der Waals surface area contributed by atoms with Gasteiger partial charge in [-0.2, -0.15) is 0 Å². The molecule has 0 fully saturated rings. The second-order valence-electron chi connectivity index (χ2n) is 5.37. The van der Waals surface area contributed by atoms with Crippen LogP contribution < -0.4 is 0 Å². The van der Waals surface area contributed by atoms with E-state index in [9.17, 15) is 0 Å².